The fourth-order valence-corrected chi connectivity index (χ4v) is 3.10. The summed E-state index contributed by atoms with van der Waals surface area (Å²) < 4.78 is 14.0. The van der Waals surface area contributed by atoms with Crippen LogP contribution in [-0.4, -0.2) is 38.4 Å². The molecule has 1 aliphatic rings. The van der Waals surface area contributed by atoms with Gasteiger partial charge in [0, 0.05) is 20.5 Å². The van der Waals surface area contributed by atoms with Crippen LogP contribution in [0.4, 0.5) is 15.8 Å². The fraction of sp³-hybridized carbons (Fsp3) is 0.357. The smallest absolute Gasteiger partial charge is 0.249 e. The zero-order valence-electron chi connectivity index (χ0n) is 12.1. The van der Waals surface area contributed by atoms with Crippen LogP contribution in [0.15, 0.2) is 16.6 Å². The lowest BCUT2D eigenvalue weighted by Gasteiger charge is -2.32. The highest BCUT2D eigenvalue weighted by molar-refractivity contribution is 9.10. The number of anilines is 2. The topological polar surface area (TPSA) is 69.7 Å². The Morgan fingerprint density at radius 2 is 2.05 bits per heavy atom. The molecule has 0 aliphatic carbocycles. The van der Waals surface area contributed by atoms with E-state index in [0.717, 1.165) is 0 Å². The van der Waals surface area contributed by atoms with Crippen molar-refractivity contribution < 1.29 is 18.8 Å². The van der Waals surface area contributed by atoms with Crippen LogP contribution in [0.2, 0.25) is 0 Å². The molecule has 0 radical (unpaired) electrons. The quantitative estimate of drug-likeness (QED) is 0.641. The Kier molecular flexibility index (Phi) is 4.80. The molecule has 1 heterocycles. The van der Waals surface area contributed by atoms with Crippen LogP contribution in [0.5, 0.6) is 0 Å². The summed E-state index contributed by atoms with van der Waals surface area (Å²) in [5, 5.41) is 2.21. The van der Waals surface area contributed by atoms with Crippen molar-refractivity contribution in [2.45, 2.75) is 18.9 Å². The van der Waals surface area contributed by atoms with E-state index in [0.29, 0.717) is 17.8 Å². The van der Waals surface area contributed by atoms with Crippen LogP contribution in [0.1, 0.15) is 12.8 Å². The molecule has 1 saturated heterocycles. The molecule has 1 unspecified atom stereocenters. The number of amides is 3. The Labute approximate surface area is 135 Å². The number of nitrogens with one attached hydrogen (secondary N) is 1. The maximum atomic E-state index is 13.8. The molecular formula is C14H15BrFN3O3. The number of imide groups is 1. The Balaban J connectivity index is 2.48. The van der Waals surface area contributed by atoms with Crippen molar-refractivity contribution in [3.05, 3.63) is 22.4 Å². The number of benzene rings is 1. The molecule has 0 saturated carbocycles. The van der Waals surface area contributed by atoms with Gasteiger partial charge in [0.15, 0.2) is 0 Å². The predicted molar refractivity (Wildman–Crippen MR) is 83.1 cm³/mol. The molecule has 0 spiro atoms. The van der Waals surface area contributed by atoms with Gasteiger partial charge in [-0.2, -0.15) is 0 Å². The van der Waals surface area contributed by atoms with Gasteiger partial charge < -0.3 is 9.80 Å². The van der Waals surface area contributed by atoms with Crippen molar-refractivity contribution in [2.75, 3.05) is 23.9 Å². The summed E-state index contributed by atoms with van der Waals surface area (Å²) in [4.78, 5) is 37.6. The summed E-state index contributed by atoms with van der Waals surface area (Å²) >= 11 is 3.16. The minimum Gasteiger partial charge on any atom is -0.375 e. The third-order valence-corrected chi connectivity index (χ3v) is 4.19. The molecule has 2 rings (SSSR count). The first-order chi connectivity index (χ1) is 10.4. The second-order valence-electron chi connectivity index (χ2n) is 5.10. The summed E-state index contributed by atoms with van der Waals surface area (Å²) in [7, 11) is 3.41. The maximum Gasteiger partial charge on any atom is 0.249 e. The van der Waals surface area contributed by atoms with E-state index in [1.165, 1.54) is 17.0 Å². The molecule has 1 N–H and O–H groups in total. The molecule has 1 aliphatic heterocycles. The highest BCUT2D eigenvalue weighted by atomic mass is 79.9. The lowest BCUT2D eigenvalue weighted by molar-refractivity contribution is -0.134. The largest absolute Gasteiger partial charge is 0.375 e. The van der Waals surface area contributed by atoms with Crippen LogP contribution < -0.4 is 15.1 Å². The van der Waals surface area contributed by atoms with Gasteiger partial charge in [-0.3, -0.25) is 19.7 Å². The van der Waals surface area contributed by atoms with Gasteiger partial charge in [0.05, 0.1) is 15.8 Å². The normalized spacial score (nSPS) is 17.9. The molecule has 1 aromatic carbocycles. The number of hydrogen-bond acceptors (Lipinski definition) is 4. The van der Waals surface area contributed by atoms with E-state index in [1.54, 1.807) is 19.0 Å². The summed E-state index contributed by atoms with van der Waals surface area (Å²) in [6.07, 6.45) is 0.901. The summed E-state index contributed by atoms with van der Waals surface area (Å²) in [5.41, 5.74) is 0.833. The van der Waals surface area contributed by atoms with Crippen LogP contribution in [-0.2, 0) is 14.4 Å². The first-order valence-corrected chi connectivity index (χ1v) is 7.38. The van der Waals surface area contributed by atoms with Crippen LogP contribution in [0, 0.1) is 5.82 Å². The average molecular weight is 372 g/mol. The molecule has 3 amide bonds. The minimum absolute atomic E-state index is 0.153. The van der Waals surface area contributed by atoms with Gasteiger partial charge in [-0.25, -0.2) is 4.39 Å². The van der Waals surface area contributed by atoms with E-state index in [1.807, 2.05) is 0 Å². The van der Waals surface area contributed by atoms with Gasteiger partial charge in [-0.05, 0) is 34.5 Å². The minimum atomic E-state index is -0.800. The van der Waals surface area contributed by atoms with Crippen molar-refractivity contribution in [2.24, 2.45) is 0 Å². The van der Waals surface area contributed by atoms with Crippen molar-refractivity contribution in [1.82, 2.24) is 5.32 Å². The van der Waals surface area contributed by atoms with Gasteiger partial charge >= 0.3 is 0 Å². The number of hydrogen-bond donors (Lipinski definition) is 1. The van der Waals surface area contributed by atoms with E-state index >= 15 is 0 Å². The number of rotatable bonds is 4. The Morgan fingerprint density at radius 3 is 2.59 bits per heavy atom. The third-order valence-electron chi connectivity index (χ3n) is 3.43. The molecule has 8 heteroatoms. The van der Waals surface area contributed by atoms with E-state index in [4.69, 9.17) is 0 Å². The van der Waals surface area contributed by atoms with E-state index < -0.39 is 17.8 Å². The summed E-state index contributed by atoms with van der Waals surface area (Å²) in [6, 6.07) is 1.86. The molecule has 0 aromatic heterocycles. The highest BCUT2D eigenvalue weighted by Gasteiger charge is 2.33. The number of carbonyl (C=O) groups excluding carboxylic acids is 3. The van der Waals surface area contributed by atoms with E-state index in [2.05, 4.69) is 21.2 Å². The summed E-state index contributed by atoms with van der Waals surface area (Å²) in [5.74, 6) is -1.37. The number of nitrogens with zero attached hydrogens (tertiary/aromatic N) is 2. The van der Waals surface area contributed by atoms with E-state index in [-0.39, 0.29) is 23.2 Å². The Hall–Kier alpha value is -1.96. The zero-order chi connectivity index (χ0) is 16.4. The molecular weight excluding hydrogens is 357 g/mol. The molecule has 0 bridgehead atoms. The van der Waals surface area contributed by atoms with Gasteiger partial charge in [0.1, 0.15) is 11.9 Å². The monoisotopic (exact) mass is 371 g/mol. The number of halogens is 2. The molecule has 1 atom stereocenters. The SMILES string of the molecule is CN(C)c1c(N(C=O)C2CCC(=O)NC2=O)ccc(F)c1Br. The average Bonchev–Trinajstić information content (AvgIpc) is 2.45. The maximum absolute atomic E-state index is 13.8. The van der Waals surface area contributed by atoms with Crippen LogP contribution in [0.25, 0.3) is 0 Å². The van der Waals surface area contributed by atoms with Gasteiger partial charge in [0.2, 0.25) is 18.2 Å². The second kappa shape index (κ2) is 6.43. The van der Waals surface area contributed by atoms with Crippen molar-refractivity contribution in [3.8, 4) is 0 Å². The zero-order valence-corrected chi connectivity index (χ0v) is 13.7. The van der Waals surface area contributed by atoms with Gasteiger partial charge in [-0.15, -0.1) is 0 Å². The standard InChI is InChI=1S/C14H15BrFN3O3/c1-18(2)13-9(4-3-8(16)12(13)15)19(7-20)10-5-6-11(21)17-14(10)22/h3-4,7,10H,5-6H2,1-2H3,(H,17,21,22). The van der Waals surface area contributed by atoms with Gasteiger partial charge in [-0.1, -0.05) is 0 Å². The molecule has 22 heavy (non-hydrogen) atoms. The van der Waals surface area contributed by atoms with E-state index in [9.17, 15) is 18.8 Å². The van der Waals surface area contributed by atoms with Crippen molar-refractivity contribution in [3.63, 3.8) is 0 Å². The highest BCUT2D eigenvalue weighted by Crippen LogP contribution is 2.38. The third kappa shape index (κ3) is 2.96. The molecule has 1 aromatic rings. The molecule has 118 valence electrons. The Bertz CT molecular complexity index is 636. The molecule has 6 nitrogen and oxygen atoms in total. The van der Waals surface area contributed by atoms with Gasteiger partial charge in [0.25, 0.3) is 0 Å². The molecule has 1 fully saturated rings. The lowest BCUT2D eigenvalue weighted by Crippen LogP contribution is -2.52. The second-order valence-corrected chi connectivity index (χ2v) is 5.90. The van der Waals surface area contributed by atoms with Crippen molar-refractivity contribution >= 4 is 45.5 Å². The summed E-state index contributed by atoms with van der Waals surface area (Å²) in [6.45, 7) is 0. The first kappa shape index (κ1) is 16.4. The van der Waals surface area contributed by atoms with Crippen LogP contribution in [0.3, 0.4) is 0 Å². The number of piperidine rings is 1. The van der Waals surface area contributed by atoms with Crippen LogP contribution >= 0.6 is 15.9 Å². The fourth-order valence-electron chi connectivity index (χ4n) is 2.41. The first-order valence-electron chi connectivity index (χ1n) is 6.59. The van der Waals surface area contributed by atoms with Crippen molar-refractivity contribution in [1.29, 1.82) is 0 Å². The predicted octanol–water partition coefficient (Wildman–Crippen LogP) is 1.42. The number of carbonyl (C=O) groups is 3. The lowest BCUT2D eigenvalue weighted by atomic mass is 10.0. The Morgan fingerprint density at radius 1 is 1.36 bits per heavy atom.